The minimum Gasteiger partial charge on any atom is -0.493 e. The highest BCUT2D eigenvalue weighted by Gasteiger charge is 2.23. The summed E-state index contributed by atoms with van der Waals surface area (Å²) in [6.45, 7) is -0.831. The number of hydrogen-bond donors (Lipinski definition) is 2. The average molecular weight is 404 g/mol. The van der Waals surface area contributed by atoms with E-state index >= 15 is 0 Å². The molecule has 0 unspecified atom stereocenters. The van der Waals surface area contributed by atoms with Gasteiger partial charge in [0.2, 0.25) is 0 Å². The number of carbonyl (C=O) groups is 4. The van der Waals surface area contributed by atoms with Crippen LogP contribution in [-0.4, -0.2) is 45.0 Å². The summed E-state index contributed by atoms with van der Waals surface area (Å²) < 4.78 is 28.5. The van der Waals surface area contributed by atoms with Gasteiger partial charge in [-0.15, -0.1) is 0 Å². The number of ether oxygens (including phenoxy) is 3. The van der Waals surface area contributed by atoms with Crippen molar-refractivity contribution in [3.63, 3.8) is 0 Å². The summed E-state index contributed by atoms with van der Waals surface area (Å²) in [7, 11) is 2.61. The molecule has 0 saturated heterocycles. The molecule has 3 amide bonds. The molecule has 0 atom stereocenters. The number of benzene rings is 2. The number of nitrogens with one attached hydrogen (secondary N) is 2. The summed E-state index contributed by atoms with van der Waals surface area (Å²) in [5, 5.41) is 4.03. The Morgan fingerprint density at radius 1 is 1.07 bits per heavy atom. The Bertz CT molecular complexity index is 946. The molecule has 0 heterocycles. The molecule has 0 aromatic heterocycles. The maximum Gasteiger partial charge on any atom is 0.343 e. The predicted octanol–water partition coefficient (Wildman–Crippen LogP) is 2.16. The van der Waals surface area contributed by atoms with E-state index in [0.717, 1.165) is 6.07 Å². The summed E-state index contributed by atoms with van der Waals surface area (Å²) in [6.07, 6.45) is 0.417. The zero-order chi connectivity index (χ0) is 21.4. The minimum atomic E-state index is -1.03. The molecule has 10 heteroatoms. The lowest BCUT2D eigenvalue weighted by Crippen LogP contribution is -2.37. The molecule has 0 spiro atoms. The molecule has 0 bridgehead atoms. The molecule has 2 aromatic rings. The third-order valence-electron chi connectivity index (χ3n) is 3.62. The molecule has 152 valence electrons. The van der Waals surface area contributed by atoms with Gasteiger partial charge >= 0.3 is 12.0 Å². The zero-order valence-electron chi connectivity index (χ0n) is 15.5. The SMILES string of the molecule is COc1ccc(C=O)c(C(=O)OCC(=O)NC(=O)Nc2ccccc2F)c1OC. The van der Waals surface area contributed by atoms with Gasteiger partial charge in [0.25, 0.3) is 5.91 Å². The van der Waals surface area contributed by atoms with Gasteiger partial charge in [-0.1, -0.05) is 12.1 Å². The fraction of sp³-hybridized carbons (Fsp3) is 0.158. The van der Waals surface area contributed by atoms with Crippen LogP contribution in [0, 0.1) is 5.82 Å². The Balaban J connectivity index is 2.02. The van der Waals surface area contributed by atoms with Crippen molar-refractivity contribution in [2.75, 3.05) is 26.1 Å². The summed E-state index contributed by atoms with van der Waals surface area (Å²) >= 11 is 0. The van der Waals surface area contributed by atoms with Crippen LogP contribution in [0.1, 0.15) is 20.7 Å². The van der Waals surface area contributed by atoms with Gasteiger partial charge in [-0.3, -0.25) is 14.9 Å². The van der Waals surface area contributed by atoms with Crippen LogP contribution in [0.4, 0.5) is 14.9 Å². The average Bonchev–Trinajstić information content (AvgIpc) is 2.72. The minimum absolute atomic E-state index is 0.0367. The highest BCUT2D eigenvalue weighted by Crippen LogP contribution is 2.33. The first-order chi connectivity index (χ1) is 13.9. The number of amides is 3. The van der Waals surface area contributed by atoms with Crippen molar-refractivity contribution in [3.8, 4) is 11.5 Å². The van der Waals surface area contributed by atoms with Gasteiger partial charge in [-0.2, -0.15) is 0 Å². The smallest absolute Gasteiger partial charge is 0.343 e. The van der Waals surface area contributed by atoms with Crippen molar-refractivity contribution in [2.24, 2.45) is 0 Å². The molecule has 0 aliphatic carbocycles. The number of para-hydroxylation sites is 1. The monoisotopic (exact) mass is 404 g/mol. The van der Waals surface area contributed by atoms with Crippen LogP contribution in [0.25, 0.3) is 0 Å². The van der Waals surface area contributed by atoms with E-state index in [1.165, 1.54) is 44.6 Å². The molecule has 9 nitrogen and oxygen atoms in total. The van der Waals surface area contributed by atoms with Gasteiger partial charge in [0.05, 0.1) is 19.9 Å². The number of carbonyl (C=O) groups excluding carboxylic acids is 4. The summed E-state index contributed by atoms with van der Waals surface area (Å²) in [6, 6.07) is 7.11. The molecule has 29 heavy (non-hydrogen) atoms. The molecule has 0 aliphatic heterocycles. The first kappa shape index (κ1) is 21.4. The van der Waals surface area contributed by atoms with E-state index in [9.17, 15) is 23.6 Å². The highest BCUT2D eigenvalue weighted by atomic mass is 19.1. The number of halogens is 1. The van der Waals surface area contributed by atoms with Crippen molar-refractivity contribution in [1.29, 1.82) is 0 Å². The van der Waals surface area contributed by atoms with Crippen molar-refractivity contribution in [3.05, 3.63) is 53.3 Å². The van der Waals surface area contributed by atoms with Gasteiger partial charge in [-0.25, -0.2) is 14.0 Å². The number of aldehydes is 1. The molecular weight excluding hydrogens is 387 g/mol. The number of imide groups is 1. The van der Waals surface area contributed by atoms with Crippen molar-refractivity contribution in [1.82, 2.24) is 5.32 Å². The second-order valence-corrected chi connectivity index (χ2v) is 5.44. The number of rotatable bonds is 7. The molecule has 2 rings (SSSR count). The molecule has 2 aromatic carbocycles. The van der Waals surface area contributed by atoms with Crippen LogP contribution in [0.5, 0.6) is 11.5 Å². The lowest BCUT2D eigenvalue weighted by Gasteiger charge is -2.14. The molecule has 0 radical (unpaired) electrons. The van der Waals surface area contributed by atoms with Crippen molar-refractivity contribution >= 4 is 29.9 Å². The van der Waals surface area contributed by atoms with Gasteiger partial charge in [0, 0.05) is 5.56 Å². The molecule has 2 N–H and O–H groups in total. The van der Waals surface area contributed by atoms with Gasteiger partial charge in [0.15, 0.2) is 24.4 Å². The van der Waals surface area contributed by atoms with E-state index in [1.807, 2.05) is 5.32 Å². The Morgan fingerprint density at radius 3 is 2.41 bits per heavy atom. The van der Waals surface area contributed by atoms with Crippen molar-refractivity contribution in [2.45, 2.75) is 0 Å². The number of urea groups is 1. The van der Waals surface area contributed by atoms with E-state index in [4.69, 9.17) is 14.2 Å². The molecule has 0 fully saturated rings. The number of esters is 1. The fourth-order valence-electron chi connectivity index (χ4n) is 2.33. The van der Waals surface area contributed by atoms with E-state index in [0.29, 0.717) is 6.29 Å². The molecule has 0 saturated carbocycles. The van der Waals surface area contributed by atoms with E-state index in [2.05, 4.69) is 5.32 Å². The first-order valence-electron chi connectivity index (χ1n) is 8.13. The lowest BCUT2D eigenvalue weighted by molar-refractivity contribution is -0.123. The topological polar surface area (TPSA) is 120 Å². The van der Waals surface area contributed by atoms with Crippen LogP contribution in [0.3, 0.4) is 0 Å². The summed E-state index contributed by atoms with van der Waals surface area (Å²) in [5.74, 6) is -2.55. The standard InChI is InChI=1S/C19H17FN2O7/c1-27-14-8-7-11(9-23)16(17(14)28-2)18(25)29-10-15(24)22-19(26)21-13-6-4-3-5-12(13)20/h3-9H,10H2,1-2H3,(H2,21,22,24,26). The number of anilines is 1. The quantitative estimate of drug-likeness (QED) is 0.536. The Hall–Kier alpha value is -3.95. The van der Waals surface area contributed by atoms with Crippen LogP contribution in [0.15, 0.2) is 36.4 Å². The Labute approximate surface area is 164 Å². The van der Waals surface area contributed by atoms with E-state index < -0.39 is 30.3 Å². The van der Waals surface area contributed by atoms with Gasteiger partial charge in [0.1, 0.15) is 11.4 Å². The second kappa shape index (κ2) is 9.83. The zero-order valence-corrected chi connectivity index (χ0v) is 15.5. The third-order valence-corrected chi connectivity index (χ3v) is 3.62. The number of methoxy groups -OCH3 is 2. The van der Waals surface area contributed by atoms with Crippen LogP contribution in [-0.2, 0) is 9.53 Å². The molecular formula is C19H17FN2O7. The highest BCUT2D eigenvalue weighted by molar-refractivity contribution is 6.04. The van der Waals surface area contributed by atoms with Crippen molar-refractivity contribution < 1.29 is 37.8 Å². The van der Waals surface area contributed by atoms with E-state index in [-0.39, 0.29) is 28.3 Å². The molecule has 0 aliphatic rings. The second-order valence-electron chi connectivity index (χ2n) is 5.44. The van der Waals surface area contributed by atoms with Crippen LogP contribution < -0.4 is 20.1 Å². The maximum atomic E-state index is 13.5. The largest absolute Gasteiger partial charge is 0.493 e. The van der Waals surface area contributed by atoms with Crippen LogP contribution >= 0.6 is 0 Å². The third kappa shape index (κ3) is 5.28. The Kier molecular flexibility index (Phi) is 7.24. The van der Waals surface area contributed by atoms with Gasteiger partial charge in [-0.05, 0) is 24.3 Å². The number of hydrogen-bond acceptors (Lipinski definition) is 7. The normalized spacial score (nSPS) is 9.90. The predicted molar refractivity (Wildman–Crippen MR) is 98.8 cm³/mol. The summed E-state index contributed by atoms with van der Waals surface area (Å²) in [5.41, 5.74) is -0.401. The first-order valence-corrected chi connectivity index (χ1v) is 8.13. The van der Waals surface area contributed by atoms with Gasteiger partial charge < -0.3 is 19.5 Å². The Morgan fingerprint density at radius 2 is 1.79 bits per heavy atom. The summed E-state index contributed by atoms with van der Waals surface area (Å²) in [4.78, 5) is 47.1. The van der Waals surface area contributed by atoms with E-state index in [1.54, 1.807) is 0 Å². The van der Waals surface area contributed by atoms with Crippen LogP contribution in [0.2, 0.25) is 0 Å². The lowest BCUT2D eigenvalue weighted by atomic mass is 10.1. The fourth-order valence-corrected chi connectivity index (χ4v) is 2.33. The maximum absolute atomic E-state index is 13.5.